The number of primary sulfonamides is 1. The van der Waals surface area contributed by atoms with Crippen molar-refractivity contribution in [2.75, 3.05) is 6.54 Å². The maximum atomic E-state index is 12.5. The Balaban J connectivity index is 1.68. The van der Waals surface area contributed by atoms with Gasteiger partial charge in [0.25, 0.3) is 5.91 Å². The molecule has 0 aliphatic rings. The maximum absolute atomic E-state index is 12.5. The molecular formula is C19H19N3O3S. The highest BCUT2D eigenvalue weighted by Crippen LogP contribution is 2.20. The third kappa shape index (κ3) is 3.89. The predicted molar refractivity (Wildman–Crippen MR) is 100 cm³/mol. The van der Waals surface area contributed by atoms with E-state index in [1.807, 2.05) is 25.1 Å². The van der Waals surface area contributed by atoms with Crippen LogP contribution in [0.3, 0.4) is 0 Å². The Hall–Kier alpha value is -2.77. The smallest absolute Gasteiger partial charge is 0.253 e. The van der Waals surface area contributed by atoms with Crippen molar-refractivity contribution in [3.05, 3.63) is 71.4 Å². The SMILES string of the molecule is Cc1ccc(C(=O)NCCc2ccc(S(N)(=O)=O)cc2)c2ncccc12. The number of sulfonamides is 1. The molecule has 3 rings (SSSR count). The number of amides is 1. The predicted octanol–water partition coefficient (Wildman–Crippen LogP) is 2.16. The van der Waals surface area contributed by atoms with Gasteiger partial charge in [0.2, 0.25) is 10.0 Å². The van der Waals surface area contributed by atoms with Crippen LogP contribution in [0.1, 0.15) is 21.5 Å². The maximum Gasteiger partial charge on any atom is 0.253 e. The number of hydrogen-bond donors (Lipinski definition) is 2. The van der Waals surface area contributed by atoms with Crippen LogP contribution in [0, 0.1) is 6.92 Å². The number of fused-ring (bicyclic) bond motifs is 1. The van der Waals surface area contributed by atoms with Crippen molar-refractivity contribution in [3.8, 4) is 0 Å². The van der Waals surface area contributed by atoms with Crippen LogP contribution in [-0.2, 0) is 16.4 Å². The Morgan fingerprint density at radius 2 is 1.85 bits per heavy atom. The summed E-state index contributed by atoms with van der Waals surface area (Å²) in [6.45, 7) is 2.41. The quantitative estimate of drug-likeness (QED) is 0.719. The molecule has 0 saturated heterocycles. The largest absolute Gasteiger partial charge is 0.352 e. The number of hydrogen-bond acceptors (Lipinski definition) is 4. The number of nitrogens with two attached hydrogens (primary N) is 1. The number of pyridine rings is 1. The van der Waals surface area contributed by atoms with Crippen molar-refractivity contribution in [1.82, 2.24) is 10.3 Å². The Morgan fingerprint density at radius 1 is 1.12 bits per heavy atom. The van der Waals surface area contributed by atoms with E-state index in [1.54, 1.807) is 24.4 Å². The first-order valence-corrected chi connectivity index (χ1v) is 9.65. The van der Waals surface area contributed by atoms with Crippen molar-refractivity contribution in [2.45, 2.75) is 18.2 Å². The lowest BCUT2D eigenvalue weighted by Gasteiger charge is -2.09. The summed E-state index contributed by atoms with van der Waals surface area (Å²) in [6.07, 6.45) is 2.25. The summed E-state index contributed by atoms with van der Waals surface area (Å²) in [5.41, 5.74) is 3.20. The molecule has 3 aromatic rings. The highest BCUT2D eigenvalue weighted by atomic mass is 32.2. The highest BCUT2D eigenvalue weighted by Gasteiger charge is 2.12. The Labute approximate surface area is 152 Å². The molecule has 1 amide bonds. The first-order chi connectivity index (χ1) is 12.4. The molecule has 7 heteroatoms. The van der Waals surface area contributed by atoms with Gasteiger partial charge in [-0.3, -0.25) is 9.78 Å². The molecule has 134 valence electrons. The minimum Gasteiger partial charge on any atom is -0.352 e. The van der Waals surface area contributed by atoms with E-state index in [1.165, 1.54) is 12.1 Å². The number of carbonyl (C=O) groups is 1. The summed E-state index contributed by atoms with van der Waals surface area (Å²) in [5.74, 6) is -0.185. The first-order valence-electron chi connectivity index (χ1n) is 8.10. The lowest BCUT2D eigenvalue weighted by Crippen LogP contribution is -2.26. The van der Waals surface area contributed by atoms with Gasteiger partial charge in [0, 0.05) is 18.1 Å². The molecule has 0 radical (unpaired) electrons. The topological polar surface area (TPSA) is 102 Å². The minimum absolute atomic E-state index is 0.0717. The number of rotatable bonds is 5. The van der Waals surface area contributed by atoms with E-state index < -0.39 is 10.0 Å². The molecule has 0 aliphatic heterocycles. The second kappa shape index (κ2) is 7.23. The highest BCUT2D eigenvalue weighted by molar-refractivity contribution is 7.89. The lowest BCUT2D eigenvalue weighted by molar-refractivity contribution is 0.0955. The van der Waals surface area contributed by atoms with E-state index in [2.05, 4.69) is 10.3 Å². The molecule has 0 unspecified atom stereocenters. The van der Waals surface area contributed by atoms with Gasteiger partial charge in [-0.1, -0.05) is 24.3 Å². The van der Waals surface area contributed by atoms with Gasteiger partial charge in [-0.2, -0.15) is 0 Å². The van der Waals surface area contributed by atoms with E-state index in [-0.39, 0.29) is 10.8 Å². The van der Waals surface area contributed by atoms with Crippen molar-refractivity contribution in [1.29, 1.82) is 0 Å². The number of nitrogens with zero attached hydrogens (tertiary/aromatic N) is 1. The van der Waals surface area contributed by atoms with Crippen molar-refractivity contribution >= 4 is 26.8 Å². The van der Waals surface area contributed by atoms with Crippen molar-refractivity contribution < 1.29 is 13.2 Å². The average Bonchev–Trinajstić information content (AvgIpc) is 2.62. The Morgan fingerprint density at radius 3 is 2.54 bits per heavy atom. The molecule has 0 fully saturated rings. The van der Waals surface area contributed by atoms with Crippen LogP contribution in [0.2, 0.25) is 0 Å². The van der Waals surface area contributed by atoms with Crippen LogP contribution in [0.15, 0.2) is 59.6 Å². The minimum atomic E-state index is -3.69. The van der Waals surface area contributed by atoms with Crippen LogP contribution in [-0.4, -0.2) is 25.9 Å². The summed E-state index contributed by atoms with van der Waals surface area (Å²) in [4.78, 5) is 16.9. The zero-order valence-electron chi connectivity index (χ0n) is 14.3. The van der Waals surface area contributed by atoms with Gasteiger partial charge in [0.05, 0.1) is 16.0 Å². The number of benzene rings is 2. The molecule has 26 heavy (non-hydrogen) atoms. The third-order valence-electron chi connectivity index (χ3n) is 4.18. The lowest BCUT2D eigenvalue weighted by atomic mass is 10.0. The van der Waals surface area contributed by atoms with E-state index in [9.17, 15) is 13.2 Å². The Kier molecular flexibility index (Phi) is 5.01. The third-order valence-corrected chi connectivity index (χ3v) is 5.11. The monoisotopic (exact) mass is 369 g/mol. The zero-order chi connectivity index (χ0) is 18.7. The average molecular weight is 369 g/mol. The number of aromatic nitrogens is 1. The van der Waals surface area contributed by atoms with Crippen LogP contribution in [0.4, 0.5) is 0 Å². The summed E-state index contributed by atoms with van der Waals surface area (Å²) in [5, 5.41) is 8.92. The van der Waals surface area contributed by atoms with Crippen LogP contribution in [0.5, 0.6) is 0 Å². The molecule has 0 atom stereocenters. The van der Waals surface area contributed by atoms with Gasteiger partial charge in [-0.05, 0) is 48.7 Å². The molecule has 1 aromatic heterocycles. The van der Waals surface area contributed by atoms with Gasteiger partial charge in [-0.25, -0.2) is 13.6 Å². The molecular weight excluding hydrogens is 350 g/mol. The second-order valence-corrected chi connectivity index (χ2v) is 7.59. The van der Waals surface area contributed by atoms with Gasteiger partial charge in [0.15, 0.2) is 0 Å². The van der Waals surface area contributed by atoms with Crippen LogP contribution >= 0.6 is 0 Å². The number of aryl methyl sites for hydroxylation is 1. The van der Waals surface area contributed by atoms with Crippen molar-refractivity contribution in [2.24, 2.45) is 5.14 Å². The molecule has 0 aliphatic carbocycles. The van der Waals surface area contributed by atoms with Gasteiger partial charge in [-0.15, -0.1) is 0 Å². The summed E-state index contributed by atoms with van der Waals surface area (Å²) in [7, 11) is -3.69. The van der Waals surface area contributed by atoms with E-state index in [4.69, 9.17) is 5.14 Å². The molecule has 0 saturated carbocycles. The van der Waals surface area contributed by atoms with E-state index in [0.29, 0.717) is 24.0 Å². The molecule has 0 spiro atoms. The summed E-state index contributed by atoms with van der Waals surface area (Å²) >= 11 is 0. The number of carbonyl (C=O) groups excluding carboxylic acids is 1. The summed E-state index contributed by atoms with van der Waals surface area (Å²) < 4.78 is 22.5. The van der Waals surface area contributed by atoms with Gasteiger partial charge >= 0.3 is 0 Å². The second-order valence-electron chi connectivity index (χ2n) is 6.02. The van der Waals surface area contributed by atoms with E-state index >= 15 is 0 Å². The van der Waals surface area contributed by atoms with Crippen LogP contribution in [0.25, 0.3) is 10.9 Å². The standard InChI is InChI=1S/C19H19N3O3S/c1-13-4-9-17(18-16(13)3-2-11-21-18)19(23)22-12-10-14-5-7-15(8-6-14)26(20,24)25/h2-9,11H,10,12H2,1H3,(H,22,23)(H2,20,24,25). The van der Waals surface area contributed by atoms with Crippen LogP contribution < -0.4 is 10.5 Å². The van der Waals surface area contributed by atoms with E-state index in [0.717, 1.165) is 16.5 Å². The fourth-order valence-corrected chi connectivity index (χ4v) is 3.28. The fourth-order valence-electron chi connectivity index (χ4n) is 2.76. The molecule has 1 heterocycles. The van der Waals surface area contributed by atoms with Gasteiger partial charge in [0.1, 0.15) is 0 Å². The fraction of sp³-hybridized carbons (Fsp3) is 0.158. The van der Waals surface area contributed by atoms with Crippen molar-refractivity contribution in [3.63, 3.8) is 0 Å². The van der Waals surface area contributed by atoms with Gasteiger partial charge < -0.3 is 5.32 Å². The molecule has 3 N–H and O–H groups in total. The normalized spacial score (nSPS) is 11.5. The molecule has 6 nitrogen and oxygen atoms in total. The summed E-state index contributed by atoms with van der Waals surface area (Å²) in [6, 6.07) is 13.8. The first kappa shape index (κ1) is 18.0. The zero-order valence-corrected chi connectivity index (χ0v) is 15.1. The molecule has 0 bridgehead atoms. The number of nitrogens with one attached hydrogen (secondary N) is 1. The molecule has 2 aromatic carbocycles. The Bertz CT molecular complexity index is 1060.